The van der Waals surface area contributed by atoms with E-state index in [0.29, 0.717) is 25.3 Å². The number of ether oxygens (including phenoxy) is 1. The van der Waals surface area contributed by atoms with Crippen LogP contribution in [0.2, 0.25) is 0 Å². The van der Waals surface area contributed by atoms with Crippen molar-refractivity contribution in [3.05, 3.63) is 35.4 Å². The molecule has 1 fully saturated rings. The molecule has 0 spiro atoms. The standard InChI is InChI=1S/C15H15N3O2/c16-6-2-4-12-3-1-5-13(9-12)15(19)18-7-8-20-14(10-17)11-18/h1,3,5,9,14H,6-8,11,16H2. The lowest BCUT2D eigenvalue weighted by molar-refractivity contribution is 0.00347. The molecule has 2 N–H and O–H groups in total. The Morgan fingerprint density at radius 3 is 3.15 bits per heavy atom. The monoisotopic (exact) mass is 269 g/mol. The number of carbonyl (C=O) groups excluding carboxylic acids is 1. The number of carbonyl (C=O) groups is 1. The van der Waals surface area contributed by atoms with Crippen molar-refractivity contribution >= 4 is 5.91 Å². The number of nitrogens with two attached hydrogens (primary N) is 1. The molecule has 1 saturated heterocycles. The molecule has 5 heteroatoms. The largest absolute Gasteiger partial charge is 0.360 e. The summed E-state index contributed by atoms with van der Waals surface area (Å²) >= 11 is 0. The Hall–Kier alpha value is -2.34. The van der Waals surface area contributed by atoms with Crippen LogP contribution in [0.4, 0.5) is 0 Å². The number of amides is 1. The van der Waals surface area contributed by atoms with E-state index < -0.39 is 6.10 Å². The summed E-state index contributed by atoms with van der Waals surface area (Å²) in [6.45, 7) is 1.46. The third kappa shape index (κ3) is 3.36. The van der Waals surface area contributed by atoms with Crippen molar-refractivity contribution in [3.8, 4) is 17.9 Å². The molecule has 0 radical (unpaired) electrons. The molecule has 0 bridgehead atoms. The second kappa shape index (κ2) is 6.72. The lowest BCUT2D eigenvalue weighted by atomic mass is 10.1. The summed E-state index contributed by atoms with van der Waals surface area (Å²) in [7, 11) is 0. The van der Waals surface area contributed by atoms with Crippen molar-refractivity contribution in [2.45, 2.75) is 6.10 Å². The first-order chi connectivity index (χ1) is 9.74. The van der Waals surface area contributed by atoms with Crippen LogP contribution < -0.4 is 5.73 Å². The van der Waals surface area contributed by atoms with E-state index in [1.165, 1.54) is 0 Å². The van der Waals surface area contributed by atoms with E-state index in [1.54, 1.807) is 23.1 Å². The summed E-state index contributed by atoms with van der Waals surface area (Å²) in [6, 6.07) is 9.13. The zero-order chi connectivity index (χ0) is 14.4. The Morgan fingerprint density at radius 2 is 2.40 bits per heavy atom. The van der Waals surface area contributed by atoms with Gasteiger partial charge in [0.05, 0.1) is 25.8 Å². The fourth-order valence-electron chi connectivity index (χ4n) is 1.98. The summed E-state index contributed by atoms with van der Waals surface area (Å²) in [6.07, 6.45) is -0.548. The number of rotatable bonds is 1. The molecule has 1 aliphatic heterocycles. The maximum absolute atomic E-state index is 12.4. The summed E-state index contributed by atoms with van der Waals surface area (Å²) < 4.78 is 5.23. The van der Waals surface area contributed by atoms with Crippen LogP contribution in [0, 0.1) is 23.2 Å². The first-order valence-electron chi connectivity index (χ1n) is 6.34. The lowest BCUT2D eigenvalue weighted by Crippen LogP contribution is -2.45. The van der Waals surface area contributed by atoms with Gasteiger partial charge >= 0.3 is 0 Å². The van der Waals surface area contributed by atoms with Crippen LogP contribution >= 0.6 is 0 Å². The molecule has 0 aromatic heterocycles. The fraction of sp³-hybridized carbons (Fsp3) is 0.333. The van der Waals surface area contributed by atoms with E-state index in [2.05, 4.69) is 11.8 Å². The lowest BCUT2D eigenvalue weighted by Gasteiger charge is -2.29. The predicted molar refractivity (Wildman–Crippen MR) is 73.6 cm³/mol. The summed E-state index contributed by atoms with van der Waals surface area (Å²) in [4.78, 5) is 14.0. The fourth-order valence-corrected chi connectivity index (χ4v) is 1.98. The molecule has 5 nitrogen and oxygen atoms in total. The molecule has 102 valence electrons. The van der Waals surface area contributed by atoms with E-state index in [-0.39, 0.29) is 12.5 Å². The van der Waals surface area contributed by atoms with Crippen LogP contribution in [0.3, 0.4) is 0 Å². The highest BCUT2D eigenvalue weighted by atomic mass is 16.5. The quantitative estimate of drug-likeness (QED) is 0.747. The van der Waals surface area contributed by atoms with E-state index in [9.17, 15) is 4.79 Å². The van der Waals surface area contributed by atoms with Crippen LogP contribution in [0.5, 0.6) is 0 Å². The maximum atomic E-state index is 12.4. The van der Waals surface area contributed by atoms with Gasteiger partial charge < -0.3 is 15.4 Å². The molecule has 1 atom stereocenters. The van der Waals surface area contributed by atoms with Gasteiger partial charge in [0, 0.05) is 17.7 Å². The van der Waals surface area contributed by atoms with Gasteiger partial charge in [-0.3, -0.25) is 4.79 Å². The summed E-state index contributed by atoms with van der Waals surface area (Å²) in [5.74, 6) is 5.55. The van der Waals surface area contributed by atoms with Crippen LogP contribution in [-0.2, 0) is 4.74 Å². The molecule has 1 amide bonds. The van der Waals surface area contributed by atoms with Gasteiger partial charge in [-0.1, -0.05) is 17.9 Å². The molecule has 20 heavy (non-hydrogen) atoms. The van der Waals surface area contributed by atoms with Crippen molar-refractivity contribution in [1.29, 1.82) is 5.26 Å². The van der Waals surface area contributed by atoms with Crippen molar-refractivity contribution in [1.82, 2.24) is 4.90 Å². The Bertz CT molecular complexity index is 595. The molecule has 2 rings (SSSR count). The SMILES string of the molecule is N#CC1CN(C(=O)c2cccc(C#CCN)c2)CCO1. The number of nitriles is 1. The molecule has 1 heterocycles. The highest BCUT2D eigenvalue weighted by Crippen LogP contribution is 2.12. The molecule has 1 aromatic rings. The van der Waals surface area contributed by atoms with Crippen molar-refractivity contribution < 1.29 is 9.53 Å². The average Bonchev–Trinajstić information content (AvgIpc) is 2.52. The number of nitrogens with zero attached hydrogens (tertiary/aromatic N) is 2. The third-order valence-electron chi connectivity index (χ3n) is 2.94. The van der Waals surface area contributed by atoms with E-state index in [1.807, 2.05) is 12.1 Å². The van der Waals surface area contributed by atoms with Gasteiger partial charge in [-0.15, -0.1) is 0 Å². The Balaban J connectivity index is 2.14. The Morgan fingerprint density at radius 1 is 1.55 bits per heavy atom. The Labute approximate surface area is 117 Å². The van der Waals surface area contributed by atoms with Gasteiger partial charge in [-0.05, 0) is 18.2 Å². The zero-order valence-corrected chi connectivity index (χ0v) is 11.0. The van der Waals surface area contributed by atoms with E-state index in [0.717, 1.165) is 5.56 Å². The molecule has 1 aromatic carbocycles. The molecule has 1 unspecified atom stereocenters. The van der Waals surface area contributed by atoms with Gasteiger partial charge in [-0.2, -0.15) is 5.26 Å². The molecule has 0 saturated carbocycles. The first kappa shape index (κ1) is 14.1. The maximum Gasteiger partial charge on any atom is 0.254 e. The smallest absolute Gasteiger partial charge is 0.254 e. The van der Waals surface area contributed by atoms with Gasteiger partial charge in [0.1, 0.15) is 0 Å². The molecular formula is C15H15N3O2. The number of hydrogen-bond acceptors (Lipinski definition) is 4. The minimum atomic E-state index is -0.548. The summed E-state index contributed by atoms with van der Waals surface area (Å²) in [5, 5.41) is 8.86. The minimum absolute atomic E-state index is 0.107. The van der Waals surface area contributed by atoms with Crippen LogP contribution in [0.1, 0.15) is 15.9 Å². The van der Waals surface area contributed by atoms with Crippen molar-refractivity contribution in [2.24, 2.45) is 5.73 Å². The zero-order valence-electron chi connectivity index (χ0n) is 11.0. The van der Waals surface area contributed by atoms with E-state index in [4.69, 9.17) is 15.7 Å². The topological polar surface area (TPSA) is 79.4 Å². The minimum Gasteiger partial charge on any atom is -0.360 e. The summed E-state index contributed by atoms with van der Waals surface area (Å²) in [5.41, 5.74) is 6.65. The van der Waals surface area contributed by atoms with Crippen LogP contribution in [-0.4, -0.2) is 43.2 Å². The third-order valence-corrected chi connectivity index (χ3v) is 2.94. The predicted octanol–water partition coefficient (Wildman–Crippen LogP) is 0.361. The second-order valence-corrected chi connectivity index (χ2v) is 4.33. The average molecular weight is 269 g/mol. The van der Waals surface area contributed by atoms with Crippen LogP contribution in [0.25, 0.3) is 0 Å². The molecule has 0 aliphatic carbocycles. The molecular weight excluding hydrogens is 254 g/mol. The van der Waals surface area contributed by atoms with Crippen LogP contribution in [0.15, 0.2) is 24.3 Å². The first-order valence-corrected chi connectivity index (χ1v) is 6.34. The normalized spacial score (nSPS) is 17.8. The number of benzene rings is 1. The second-order valence-electron chi connectivity index (χ2n) is 4.33. The molecule has 1 aliphatic rings. The highest BCUT2D eigenvalue weighted by Gasteiger charge is 2.24. The van der Waals surface area contributed by atoms with Crippen molar-refractivity contribution in [2.75, 3.05) is 26.2 Å². The number of morpholine rings is 1. The highest BCUT2D eigenvalue weighted by molar-refractivity contribution is 5.94. The van der Waals surface area contributed by atoms with Gasteiger partial charge in [0.2, 0.25) is 0 Å². The Kier molecular flexibility index (Phi) is 4.73. The van der Waals surface area contributed by atoms with Crippen molar-refractivity contribution in [3.63, 3.8) is 0 Å². The number of hydrogen-bond donors (Lipinski definition) is 1. The van der Waals surface area contributed by atoms with E-state index >= 15 is 0 Å². The van der Waals surface area contributed by atoms with Gasteiger partial charge in [-0.25, -0.2) is 0 Å². The van der Waals surface area contributed by atoms with Gasteiger partial charge in [0.15, 0.2) is 6.10 Å². The van der Waals surface area contributed by atoms with Gasteiger partial charge in [0.25, 0.3) is 5.91 Å².